The maximum Gasteiger partial charge on any atom is 0.470 e. The molecule has 0 aliphatic carbocycles. The van der Waals surface area contributed by atoms with Crippen LogP contribution in [0.1, 0.15) is 22.0 Å². The molecule has 0 saturated heterocycles. The SMILES string of the molecule is COc1cc(OC)cc(C(=O)C(OP(=O)(O)O)c2ccccc2)c1. The number of hydrogen-bond acceptors (Lipinski definition) is 5. The van der Waals surface area contributed by atoms with Crippen LogP contribution in [0.3, 0.4) is 0 Å². The van der Waals surface area contributed by atoms with E-state index < -0.39 is 19.7 Å². The zero-order valence-electron chi connectivity index (χ0n) is 13.1. The van der Waals surface area contributed by atoms with Gasteiger partial charge in [0.1, 0.15) is 11.5 Å². The molecule has 2 aromatic carbocycles. The molecule has 0 aliphatic rings. The second-order valence-electron chi connectivity index (χ2n) is 4.85. The third-order valence-corrected chi connectivity index (χ3v) is 3.70. The summed E-state index contributed by atoms with van der Waals surface area (Å²) in [6.45, 7) is 0. The maximum atomic E-state index is 12.8. The second kappa shape index (κ2) is 7.59. The summed E-state index contributed by atoms with van der Waals surface area (Å²) < 4.78 is 26.2. The highest BCUT2D eigenvalue weighted by Crippen LogP contribution is 2.43. The summed E-state index contributed by atoms with van der Waals surface area (Å²) in [5.74, 6) is 0.128. The molecule has 0 bridgehead atoms. The van der Waals surface area contributed by atoms with E-state index in [9.17, 15) is 9.36 Å². The molecule has 24 heavy (non-hydrogen) atoms. The van der Waals surface area contributed by atoms with Crippen LogP contribution in [-0.4, -0.2) is 29.8 Å². The Morgan fingerprint density at radius 3 is 2.00 bits per heavy atom. The van der Waals surface area contributed by atoms with E-state index in [2.05, 4.69) is 0 Å². The lowest BCUT2D eigenvalue weighted by molar-refractivity contribution is 0.0710. The van der Waals surface area contributed by atoms with Gasteiger partial charge in [-0.15, -0.1) is 0 Å². The largest absolute Gasteiger partial charge is 0.497 e. The quantitative estimate of drug-likeness (QED) is 0.583. The molecule has 2 aromatic rings. The minimum absolute atomic E-state index is 0.147. The number of methoxy groups -OCH3 is 2. The van der Waals surface area contributed by atoms with E-state index in [1.165, 1.54) is 26.4 Å². The van der Waals surface area contributed by atoms with E-state index >= 15 is 0 Å². The fourth-order valence-electron chi connectivity index (χ4n) is 2.13. The Labute approximate surface area is 139 Å². The highest BCUT2D eigenvalue weighted by molar-refractivity contribution is 7.46. The molecule has 0 heterocycles. The molecule has 8 heteroatoms. The number of ketones is 1. The van der Waals surface area contributed by atoms with Crippen LogP contribution >= 0.6 is 7.82 Å². The van der Waals surface area contributed by atoms with Crippen molar-refractivity contribution in [1.29, 1.82) is 0 Å². The lowest BCUT2D eigenvalue weighted by atomic mass is 9.99. The summed E-state index contributed by atoms with van der Waals surface area (Å²) >= 11 is 0. The van der Waals surface area contributed by atoms with E-state index in [0.29, 0.717) is 17.1 Å². The third kappa shape index (κ3) is 4.66. The van der Waals surface area contributed by atoms with E-state index in [1.807, 2.05) is 0 Å². The second-order valence-corrected chi connectivity index (χ2v) is 6.04. The van der Waals surface area contributed by atoms with Crippen molar-refractivity contribution in [2.45, 2.75) is 6.10 Å². The average molecular weight is 352 g/mol. The van der Waals surface area contributed by atoms with Gasteiger partial charge in [0, 0.05) is 11.6 Å². The maximum absolute atomic E-state index is 12.8. The molecule has 0 spiro atoms. The van der Waals surface area contributed by atoms with Crippen molar-refractivity contribution in [2.24, 2.45) is 0 Å². The first-order chi connectivity index (χ1) is 11.3. The van der Waals surface area contributed by atoms with Gasteiger partial charge in [0.15, 0.2) is 11.9 Å². The molecule has 1 atom stereocenters. The average Bonchev–Trinajstić information content (AvgIpc) is 2.58. The van der Waals surface area contributed by atoms with Crippen LogP contribution in [0.15, 0.2) is 48.5 Å². The Hall–Kier alpha value is -2.18. The summed E-state index contributed by atoms with van der Waals surface area (Å²) in [4.78, 5) is 31.0. The van der Waals surface area contributed by atoms with Crippen molar-refractivity contribution in [2.75, 3.05) is 14.2 Å². The van der Waals surface area contributed by atoms with E-state index in [4.69, 9.17) is 23.8 Å². The number of phosphoric ester groups is 1. The molecule has 2 rings (SSSR count). The first-order valence-electron chi connectivity index (χ1n) is 6.90. The van der Waals surface area contributed by atoms with Gasteiger partial charge < -0.3 is 19.3 Å². The standard InChI is InChI=1S/C16H17O7P/c1-21-13-8-12(9-14(10-13)22-2)15(17)16(23-24(18,19)20)11-6-4-3-5-7-11/h3-10,16H,1-2H3,(H2,18,19,20). The lowest BCUT2D eigenvalue weighted by Gasteiger charge is -2.18. The van der Waals surface area contributed by atoms with Crippen molar-refractivity contribution in [3.63, 3.8) is 0 Å². The van der Waals surface area contributed by atoms with Gasteiger partial charge in [0.25, 0.3) is 0 Å². The number of ether oxygens (including phenoxy) is 2. The van der Waals surface area contributed by atoms with Crippen molar-refractivity contribution in [3.05, 3.63) is 59.7 Å². The Balaban J connectivity index is 2.46. The van der Waals surface area contributed by atoms with Crippen molar-refractivity contribution < 1.29 is 33.1 Å². The molecule has 1 unspecified atom stereocenters. The highest BCUT2D eigenvalue weighted by atomic mass is 31.2. The first-order valence-corrected chi connectivity index (χ1v) is 8.43. The number of phosphoric acid groups is 1. The Kier molecular flexibility index (Phi) is 5.75. The number of Topliss-reactive ketones (excluding diaryl/α,β-unsaturated/α-hetero) is 1. The molecule has 128 valence electrons. The highest BCUT2D eigenvalue weighted by Gasteiger charge is 2.31. The van der Waals surface area contributed by atoms with E-state index in [1.54, 1.807) is 36.4 Å². The van der Waals surface area contributed by atoms with Gasteiger partial charge in [-0.25, -0.2) is 4.57 Å². The molecular weight excluding hydrogens is 335 g/mol. The van der Waals surface area contributed by atoms with Crippen LogP contribution in [-0.2, 0) is 9.09 Å². The summed E-state index contributed by atoms with van der Waals surface area (Å²) in [5, 5.41) is 0. The Morgan fingerprint density at radius 1 is 1.00 bits per heavy atom. The number of carbonyl (C=O) groups excluding carboxylic acids is 1. The van der Waals surface area contributed by atoms with Crippen LogP contribution < -0.4 is 9.47 Å². The topological polar surface area (TPSA) is 102 Å². The van der Waals surface area contributed by atoms with Crippen LogP contribution in [0.4, 0.5) is 0 Å². The van der Waals surface area contributed by atoms with Crippen LogP contribution in [0.5, 0.6) is 11.5 Å². The van der Waals surface area contributed by atoms with Crippen molar-refractivity contribution in [1.82, 2.24) is 0 Å². The summed E-state index contributed by atoms with van der Waals surface area (Å²) in [6.07, 6.45) is -1.45. The fourth-order valence-corrected chi connectivity index (χ4v) is 2.62. The normalized spacial score (nSPS) is 12.5. The van der Waals surface area contributed by atoms with E-state index in [0.717, 1.165) is 0 Å². The molecule has 7 nitrogen and oxygen atoms in total. The van der Waals surface area contributed by atoms with Gasteiger partial charge >= 0.3 is 7.82 Å². The van der Waals surface area contributed by atoms with Crippen LogP contribution in [0, 0.1) is 0 Å². The lowest BCUT2D eigenvalue weighted by Crippen LogP contribution is -2.16. The molecular formula is C16H17O7P. The number of rotatable bonds is 7. The summed E-state index contributed by atoms with van der Waals surface area (Å²) in [7, 11) is -2.01. The van der Waals surface area contributed by atoms with Gasteiger partial charge in [0.05, 0.1) is 14.2 Å². The zero-order chi connectivity index (χ0) is 17.7. The molecule has 0 amide bonds. The first kappa shape index (κ1) is 18.2. The van der Waals surface area contributed by atoms with Gasteiger partial charge in [-0.2, -0.15) is 0 Å². The summed E-state index contributed by atoms with van der Waals surface area (Å²) in [5.41, 5.74) is 0.473. The minimum atomic E-state index is -4.88. The molecule has 0 fully saturated rings. The predicted octanol–water partition coefficient (Wildman–Crippen LogP) is 2.74. The van der Waals surface area contributed by atoms with Crippen LogP contribution in [0.25, 0.3) is 0 Å². The van der Waals surface area contributed by atoms with E-state index in [-0.39, 0.29) is 5.56 Å². The monoisotopic (exact) mass is 352 g/mol. The Bertz CT molecular complexity index is 732. The minimum Gasteiger partial charge on any atom is -0.497 e. The molecule has 0 aliphatic heterocycles. The molecule has 0 radical (unpaired) electrons. The molecule has 0 saturated carbocycles. The van der Waals surface area contributed by atoms with Crippen LogP contribution in [0.2, 0.25) is 0 Å². The number of benzene rings is 2. The number of carbonyl (C=O) groups is 1. The molecule has 2 N–H and O–H groups in total. The van der Waals surface area contributed by atoms with Gasteiger partial charge in [-0.1, -0.05) is 30.3 Å². The smallest absolute Gasteiger partial charge is 0.470 e. The molecule has 0 aromatic heterocycles. The van der Waals surface area contributed by atoms with Crippen molar-refractivity contribution in [3.8, 4) is 11.5 Å². The fraction of sp³-hybridized carbons (Fsp3) is 0.188. The van der Waals surface area contributed by atoms with Crippen molar-refractivity contribution >= 4 is 13.6 Å². The third-order valence-electron chi connectivity index (χ3n) is 3.22. The Morgan fingerprint density at radius 2 is 1.54 bits per heavy atom. The number of hydrogen-bond donors (Lipinski definition) is 2. The zero-order valence-corrected chi connectivity index (χ0v) is 14.0. The van der Waals surface area contributed by atoms with Gasteiger partial charge in [0.2, 0.25) is 0 Å². The summed E-state index contributed by atoms with van der Waals surface area (Å²) in [6, 6.07) is 12.6. The van der Waals surface area contributed by atoms with Gasteiger partial charge in [-0.3, -0.25) is 9.32 Å². The van der Waals surface area contributed by atoms with Gasteiger partial charge in [-0.05, 0) is 17.7 Å². The predicted molar refractivity (Wildman–Crippen MR) is 86.2 cm³/mol.